The Balaban J connectivity index is 1.38. The number of nitrogens with zero attached hydrogens (tertiary/aromatic N) is 3. The number of anilines is 1. The molecule has 1 spiro atoms. The second kappa shape index (κ2) is 7.68. The Labute approximate surface area is 194 Å². The van der Waals surface area contributed by atoms with Crippen molar-refractivity contribution in [3.63, 3.8) is 0 Å². The third-order valence-electron chi connectivity index (χ3n) is 6.80. The highest BCUT2D eigenvalue weighted by Gasteiger charge is 2.45. The van der Waals surface area contributed by atoms with Crippen molar-refractivity contribution in [2.75, 3.05) is 5.32 Å². The number of aromatic nitrogens is 3. The molecule has 2 aliphatic rings. The van der Waals surface area contributed by atoms with Crippen molar-refractivity contribution in [2.45, 2.75) is 43.5 Å². The average Bonchev–Trinajstić information content (AvgIpc) is 2.82. The standard InChI is InChI=1S/C26H21F3N4O/c27-26(28,29)19-6-3-12-30-23(19)16-8-9-18-20(13-16)31-15-32-24(18)33-21-14-25(10-4-11-25)34-22-7-2-1-5-17(21)22/h1-3,5-9,12-13,15,21H,4,10-11,14H2,(H,31,32,33). The minimum absolute atomic E-state index is 0.00986. The van der Waals surface area contributed by atoms with Crippen molar-refractivity contribution >= 4 is 16.7 Å². The molecule has 6 rings (SSSR count). The van der Waals surface area contributed by atoms with Gasteiger partial charge >= 0.3 is 6.18 Å². The van der Waals surface area contributed by atoms with Gasteiger partial charge in [-0.25, -0.2) is 9.97 Å². The van der Waals surface area contributed by atoms with Crippen LogP contribution in [0.4, 0.5) is 19.0 Å². The molecule has 0 radical (unpaired) electrons. The molecule has 1 fully saturated rings. The van der Waals surface area contributed by atoms with E-state index < -0.39 is 11.7 Å². The molecule has 3 heterocycles. The number of ether oxygens (including phenoxy) is 1. The number of pyridine rings is 1. The third kappa shape index (κ3) is 3.54. The molecule has 0 amide bonds. The Morgan fingerprint density at radius 1 is 0.971 bits per heavy atom. The maximum Gasteiger partial charge on any atom is 0.418 e. The monoisotopic (exact) mass is 462 g/mol. The van der Waals surface area contributed by atoms with Crippen LogP contribution in [-0.2, 0) is 6.18 Å². The van der Waals surface area contributed by atoms with Gasteiger partial charge in [0.15, 0.2) is 0 Å². The van der Waals surface area contributed by atoms with Crippen molar-refractivity contribution in [3.05, 3.63) is 78.2 Å². The summed E-state index contributed by atoms with van der Waals surface area (Å²) in [6.45, 7) is 0. The lowest BCUT2D eigenvalue weighted by Gasteiger charge is -2.48. The fraction of sp³-hybridized carbons (Fsp3) is 0.269. The van der Waals surface area contributed by atoms with Crippen LogP contribution >= 0.6 is 0 Å². The Morgan fingerprint density at radius 3 is 2.62 bits per heavy atom. The maximum absolute atomic E-state index is 13.5. The zero-order valence-corrected chi connectivity index (χ0v) is 18.1. The number of alkyl halides is 3. The molecular formula is C26H21F3N4O. The van der Waals surface area contributed by atoms with Gasteiger partial charge in [-0.15, -0.1) is 0 Å². The van der Waals surface area contributed by atoms with E-state index in [0.717, 1.165) is 48.4 Å². The van der Waals surface area contributed by atoms with Crippen LogP contribution in [0.3, 0.4) is 0 Å². The molecule has 2 aromatic carbocycles. The van der Waals surface area contributed by atoms with E-state index in [-0.39, 0.29) is 17.3 Å². The number of para-hydroxylation sites is 1. The number of rotatable bonds is 3. The first-order valence-electron chi connectivity index (χ1n) is 11.2. The Morgan fingerprint density at radius 2 is 1.82 bits per heavy atom. The number of hydrogen-bond acceptors (Lipinski definition) is 5. The summed E-state index contributed by atoms with van der Waals surface area (Å²) in [7, 11) is 0. The highest BCUT2D eigenvalue weighted by molar-refractivity contribution is 5.92. The Bertz CT molecular complexity index is 1380. The quantitative estimate of drug-likeness (QED) is 0.373. The molecule has 8 heteroatoms. The summed E-state index contributed by atoms with van der Waals surface area (Å²) in [6, 6.07) is 15.4. The first-order chi connectivity index (χ1) is 16.4. The van der Waals surface area contributed by atoms with Gasteiger partial charge in [-0.3, -0.25) is 4.98 Å². The van der Waals surface area contributed by atoms with Crippen molar-refractivity contribution < 1.29 is 17.9 Å². The largest absolute Gasteiger partial charge is 0.487 e. The molecule has 2 aromatic heterocycles. The van der Waals surface area contributed by atoms with E-state index in [0.29, 0.717) is 16.9 Å². The van der Waals surface area contributed by atoms with Crippen LogP contribution in [0.2, 0.25) is 0 Å². The minimum atomic E-state index is -4.50. The zero-order chi connectivity index (χ0) is 23.3. The van der Waals surface area contributed by atoms with Crippen LogP contribution < -0.4 is 10.1 Å². The molecule has 1 atom stereocenters. The van der Waals surface area contributed by atoms with Gasteiger partial charge in [0.2, 0.25) is 0 Å². The molecule has 172 valence electrons. The average molecular weight is 462 g/mol. The Kier molecular flexibility index (Phi) is 4.72. The molecule has 1 aliphatic carbocycles. The van der Waals surface area contributed by atoms with Gasteiger partial charge < -0.3 is 10.1 Å². The van der Waals surface area contributed by atoms with E-state index in [9.17, 15) is 13.2 Å². The lowest BCUT2D eigenvalue weighted by atomic mass is 9.73. The van der Waals surface area contributed by atoms with Gasteiger partial charge in [0.05, 0.1) is 22.8 Å². The summed E-state index contributed by atoms with van der Waals surface area (Å²) in [4.78, 5) is 12.8. The Hall–Kier alpha value is -3.68. The second-order valence-corrected chi connectivity index (χ2v) is 8.93. The summed E-state index contributed by atoms with van der Waals surface area (Å²) in [5, 5.41) is 4.31. The zero-order valence-electron chi connectivity index (χ0n) is 18.1. The van der Waals surface area contributed by atoms with E-state index in [4.69, 9.17) is 4.74 Å². The first-order valence-corrected chi connectivity index (χ1v) is 11.2. The number of fused-ring (bicyclic) bond motifs is 2. The summed E-state index contributed by atoms with van der Waals surface area (Å²) < 4.78 is 46.9. The molecule has 34 heavy (non-hydrogen) atoms. The molecular weight excluding hydrogens is 441 g/mol. The number of hydrogen-bond donors (Lipinski definition) is 1. The van der Waals surface area contributed by atoms with E-state index in [1.165, 1.54) is 18.6 Å². The van der Waals surface area contributed by atoms with Crippen molar-refractivity contribution in [1.82, 2.24) is 15.0 Å². The fourth-order valence-corrected chi connectivity index (χ4v) is 4.97. The van der Waals surface area contributed by atoms with Gasteiger partial charge in [-0.05, 0) is 49.6 Å². The van der Waals surface area contributed by atoms with Gasteiger partial charge in [0, 0.05) is 29.1 Å². The molecule has 1 unspecified atom stereocenters. The van der Waals surface area contributed by atoms with Gasteiger partial charge in [0.25, 0.3) is 0 Å². The summed E-state index contributed by atoms with van der Waals surface area (Å²) >= 11 is 0. The summed E-state index contributed by atoms with van der Waals surface area (Å²) in [5.41, 5.74) is 0.949. The topological polar surface area (TPSA) is 59.9 Å². The molecule has 5 nitrogen and oxygen atoms in total. The number of halogens is 3. The molecule has 1 aliphatic heterocycles. The normalized spacial score (nSPS) is 18.7. The predicted octanol–water partition coefficient (Wildman–Crippen LogP) is 6.57. The first kappa shape index (κ1) is 20.9. The molecule has 4 aromatic rings. The minimum Gasteiger partial charge on any atom is -0.487 e. The lowest BCUT2D eigenvalue weighted by Crippen LogP contribution is -2.48. The smallest absolute Gasteiger partial charge is 0.418 e. The summed E-state index contributed by atoms with van der Waals surface area (Å²) in [5.74, 6) is 1.53. The summed E-state index contributed by atoms with van der Waals surface area (Å²) in [6.07, 6.45) is 2.34. The molecule has 0 saturated heterocycles. The van der Waals surface area contributed by atoms with Crippen LogP contribution in [0.1, 0.15) is 42.9 Å². The van der Waals surface area contributed by atoms with Gasteiger partial charge in [-0.2, -0.15) is 13.2 Å². The van der Waals surface area contributed by atoms with E-state index in [1.54, 1.807) is 18.2 Å². The second-order valence-electron chi connectivity index (χ2n) is 8.93. The lowest BCUT2D eigenvalue weighted by molar-refractivity contribution is -0.137. The predicted molar refractivity (Wildman–Crippen MR) is 122 cm³/mol. The fourth-order valence-electron chi connectivity index (χ4n) is 4.97. The van der Waals surface area contributed by atoms with E-state index in [2.05, 4.69) is 26.3 Å². The van der Waals surface area contributed by atoms with Crippen LogP contribution in [0.15, 0.2) is 67.1 Å². The van der Waals surface area contributed by atoms with Crippen LogP contribution in [0.25, 0.3) is 22.2 Å². The molecule has 1 saturated carbocycles. The van der Waals surface area contributed by atoms with Gasteiger partial charge in [-0.1, -0.05) is 24.3 Å². The molecule has 0 bridgehead atoms. The van der Waals surface area contributed by atoms with E-state index in [1.807, 2.05) is 18.2 Å². The number of nitrogens with one attached hydrogen (secondary N) is 1. The van der Waals surface area contributed by atoms with Crippen LogP contribution in [0.5, 0.6) is 5.75 Å². The highest BCUT2D eigenvalue weighted by atomic mass is 19.4. The van der Waals surface area contributed by atoms with Crippen LogP contribution in [0, 0.1) is 0 Å². The third-order valence-corrected chi connectivity index (χ3v) is 6.80. The van der Waals surface area contributed by atoms with Crippen molar-refractivity contribution in [3.8, 4) is 17.0 Å². The molecule has 1 N–H and O–H groups in total. The van der Waals surface area contributed by atoms with E-state index >= 15 is 0 Å². The SMILES string of the molecule is FC(F)(F)c1cccnc1-c1ccc2c(NC3CC4(CCC4)Oc4ccccc43)ncnc2c1. The number of benzene rings is 2. The highest BCUT2D eigenvalue weighted by Crippen LogP contribution is 2.49. The van der Waals surface area contributed by atoms with Gasteiger partial charge in [0.1, 0.15) is 23.5 Å². The van der Waals surface area contributed by atoms with Crippen molar-refractivity contribution in [2.24, 2.45) is 0 Å². The maximum atomic E-state index is 13.5. The van der Waals surface area contributed by atoms with Crippen molar-refractivity contribution in [1.29, 1.82) is 0 Å². The van der Waals surface area contributed by atoms with Crippen LogP contribution in [-0.4, -0.2) is 20.6 Å².